The van der Waals surface area contributed by atoms with Gasteiger partial charge in [0.2, 0.25) is 0 Å². The van der Waals surface area contributed by atoms with Crippen LogP contribution in [0.1, 0.15) is 16.1 Å². The summed E-state index contributed by atoms with van der Waals surface area (Å²) < 4.78 is 42.0. The van der Waals surface area contributed by atoms with Crippen molar-refractivity contribution in [2.24, 2.45) is 0 Å². The van der Waals surface area contributed by atoms with Crippen LogP contribution in [0, 0.1) is 0 Å². The third-order valence-corrected chi connectivity index (χ3v) is 1.72. The topological polar surface area (TPSA) is 39.2 Å². The van der Waals surface area contributed by atoms with Crippen LogP contribution in [0.25, 0.3) is 0 Å². The maximum atomic E-state index is 12.8. The van der Waals surface area contributed by atoms with Crippen LogP contribution in [0.2, 0.25) is 0 Å². The average Bonchev–Trinajstić information content (AvgIpc) is 2.28. The number of halogens is 3. The number of methoxy groups -OCH3 is 1. The zero-order chi connectivity index (χ0) is 11.5. The molecule has 0 radical (unpaired) electrons. The van der Waals surface area contributed by atoms with E-state index in [-0.39, 0.29) is 5.56 Å². The molecule has 82 valence electrons. The lowest BCUT2D eigenvalue weighted by Gasteiger charge is -2.11. The van der Waals surface area contributed by atoms with E-state index in [4.69, 9.17) is 0 Å². The van der Waals surface area contributed by atoms with E-state index in [9.17, 15) is 18.0 Å². The standard InChI is InChI=1S/C9H8F3NO2/c1-15-8(14)6-2-3-13-7(4-6)9(11,12)5-10/h2-4H,5H2,1H3. The lowest BCUT2D eigenvalue weighted by atomic mass is 10.1. The van der Waals surface area contributed by atoms with Crippen molar-refractivity contribution in [3.05, 3.63) is 29.6 Å². The number of nitrogens with zero attached hydrogens (tertiary/aromatic N) is 1. The quantitative estimate of drug-likeness (QED) is 0.729. The zero-order valence-corrected chi connectivity index (χ0v) is 7.84. The number of alkyl halides is 3. The minimum atomic E-state index is -3.68. The minimum absolute atomic E-state index is 0.0874. The van der Waals surface area contributed by atoms with Gasteiger partial charge < -0.3 is 4.74 Å². The molecule has 0 unspecified atom stereocenters. The highest BCUT2D eigenvalue weighted by Crippen LogP contribution is 2.26. The maximum absolute atomic E-state index is 12.8. The van der Waals surface area contributed by atoms with Gasteiger partial charge in [-0.2, -0.15) is 8.78 Å². The van der Waals surface area contributed by atoms with E-state index in [0.717, 1.165) is 19.4 Å². The Kier molecular flexibility index (Phi) is 3.28. The van der Waals surface area contributed by atoms with Crippen molar-refractivity contribution in [1.82, 2.24) is 4.98 Å². The van der Waals surface area contributed by atoms with Gasteiger partial charge in [0.1, 0.15) is 5.69 Å². The summed E-state index contributed by atoms with van der Waals surface area (Å²) >= 11 is 0. The Labute approximate surface area is 83.9 Å². The van der Waals surface area contributed by atoms with E-state index >= 15 is 0 Å². The monoisotopic (exact) mass is 219 g/mol. The zero-order valence-electron chi connectivity index (χ0n) is 7.84. The summed E-state index contributed by atoms with van der Waals surface area (Å²) in [6.45, 7) is -1.86. The predicted molar refractivity (Wildman–Crippen MR) is 45.4 cm³/mol. The molecule has 0 saturated heterocycles. The second-order valence-electron chi connectivity index (χ2n) is 2.76. The Morgan fingerprint density at radius 3 is 2.80 bits per heavy atom. The molecule has 0 aliphatic rings. The second-order valence-corrected chi connectivity index (χ2v) is 2.76. The molecule has 0 N–H and O–H groups in total. The van der Waals surface area contributed by atoms with Crippen molar-refractivity contribution < 1.29 is 22.7 Å². The number of hydrogen-bond donors (Lipinski definition) is 0. The van der Waals surface area contributed by atoms with Crippen LogP contribution in [0.4, 0.5) is 13.2 Å². The van der Waals surface area contributed by atoms with Crippen LogP contribution in [-0.2, 0) is 10.7 Å². The van der Waals surface area contributed by atoms with Crippen molar-refractivity contribution in [2.75, 3.05) is 13.8 Å². The molecule has 0 aliphatic carbocycles. The summed E-state index contributed by atoms with van der Waals surface area (Å²) in [5, 5.41) is 0. The lowest BCUT2D eigenvalue weighted by molar-refractivity contribution is -0.0322. The molecular weight excluding hydrogens is 211 g/mol. The molecule has 6 heteroatoms. The summed E-state index contributed by atoms with van der Waals surface area (Å²) in [6, 6.07) is 2.02. The molecule has 0 aliphatic heterocycles. The molecule has 1 rings (SSSR count). The van der Waals surface area contributed by atoms with Gasteiger partial charge in [0.15, 0.2) is 6.67 Å². The van der Waals surface area contributed by atoms with E-state index in [1.54, 1.807) is 0 Å². The van der Waals surface area contributed by atoms with Crippen LogP contribution in [0.5, 0.6) is 0 Å². The fraction of sp³-hybridized carbons (Fsp3) is 0.333. The van der Waals surface area contributed by atoms with Gasteiger partial charge in [-0.15, -0.1) is 0 Å². The molecule has 15 heavy (non-hydrogen) atoms. The molecule has 0 bridgehead atoms. The molecular formula is C9H8F3NO2. The first-order chi connectivity index (χ1) is 7.01. The smallest absolute Gasteiger partial charge is 0.337 e. The van der Waals surface area contributed by atoms with Gasteiger partial charge in [0, 0.05) is 6.20 Å². The van der Waals surface area contributed by atoms with Gasteiger partial charge in [-0.3, -0.25) is 4.98 Å². The summed E-state index contributed by atoms with van der Waals surface area (Å²) in [7, 11) is 1.12. The number of carbonyl (C=O) groups excluding carboxylic acids is 1. The Morgan fingerprint density at radius 1 is 1.60 bits per heavy atom. The summed E-state index contributed by atoms with van der Waals surface area (Å²) in [4.78, 5) is 14.3. The van der Waals surface area contributed by atoms with Gasteiger partial charge in [0.25, 0.3) is 0 Å². The van der Waals surface area contributed by atoms with E-state index in [1.807, 2.05) is 0 Å². The number of esters is 1. The summed E-state index contributed by atoms with van der Waals surface area (Å²) in [5.41, 5.74) is -0.872. The van der Waals surface area contributed by atoms with Gasteiger partial charge >= 0.3 is 11.9 Å². The summed E-state index contributed by atoms with van der Waals surface area (Å²) in [6.07, 6.45) is 1.01. The lowest BCUT2D eigenvalue weighted by Crippen LogP contribution is -2.18. The van der Waals surface area contributed by atoms with Crippen LogP contribution in [-0.4, -0.2) is 24.7 Å². The maximum Gasteiger partial charge on any atom is 0.337 e. The first-order valence-electron chi connectivity index (χ1n) is 4.00. The fourth-order valence-electron chi connectivity index (χ4n) is 0.944. The Morgan fingerprint density at radius 2 is 2.27 bits per heavy atom. The number of aromatic nitrogens is 1. The number of ether oxygens (including phenoxy) is 1. The Balaban J connectivity index is 3.08. The van der Waals surface area contributed by atoms with E-state index in [1.165, 1.54) is 6.07 Å². The molecule has 0 fully saturated rings. The van der Waals surface area contributed by atoms with Crippen molar-refractivity contribution >= 4 is 5.97 Å². The largest absolute Gasteiger partial charge is 0.465 e. The molecule has 1 aromatic heterocycles. The van der Waals surface area contributed by atoms with Crippen LogP contribution >= 0.6 is 0 Å². The molecule has 0 saturated carbocycles. The van der Waals surface area contributed by atoms with Crippen molar-refractivity contribution in [2.45, 2.75) is 5.92 Å². The molecule has 3 nitrogen and oxygen atoms in total. The number of pyridine rings is 1. The summed E-state index contributed by atoms with van der Waals surface area (Å²) in [5.74, 6) is -4.45. The van der Waals surface area contributed by atoms with Crippen LogP contribution in [0.15, 0.2) is 18.3 Å². The normalized spacial score (nSPS) is 11.2. The molecule has 0 spiro atoms. The number of hydrogen-bond acceptors (Lipinski definition) is 3. The van der Waals surface area contributed by atoms with Gasteiger partial charge in [-0.25, -0.2) is 9.18 Å². The number of carbonyl (C=O) groups is 1. The van der Waals surface area contributed by atoms with Crippen molar-refractivity contribution in [3.8, 4) is 0 Å². The van der Waals surface area contributed by atoms with Gasteiger partial charge in [-0.1, -0.05) is 0 Å². The van der Waals surface area contributed by atoms with E-state index in [0.29, 0.717) is 0 Å². The van der Waals surface area contributed by atoms with Gasteiger partial charge in [0.05, 0.1) is 12.7 Å². The molecule has 1 aromatic rings. The molecule has 0 aromatic carbocycles. The highest BCUT2D eigenvalue weighted by Gasteiger charge is 2.33. The molecule has 1 heterocycles. The fourth-order valence-corrected chi connectivity index (χ4v) is 0.944. The Bertz CT molecular complexity index is 368. The van der Waals surface area contributed by atoms with Gasteiger partial charge in [-0.05, 0) is 12.1 Å². The highest BCUT2D eigenvalue weighted by molar-refractivity contribution is 5.89. The van der Waals surface area contributed by atoms with Crippen LogP contribution in [0.3, 0.4) is 0 Å². The Hall–Kier alpha value is -1.59. The first-order valence-corrected chi connectivity index (χ1v) is 4.00. The van der Waals surface area contributed by atoms with Crippen molar-refractivity contribution in [1.29, 1.82) is 0 Å². The SMILES string of the molecule is COC(=O)c1ccnc(C(F)(F)CF)c1. The molecule has 0 amide bonds. The minimum Gasteiger partial charge on any atom is -0.465 e. The second kappa shape index (κ2) is 4.29. The number of rotatable bonds is 3. The van der Waals surface area contributed by atoms with Crippen LogP contribution < -0.4 is 0 Å². The predicted octanol–water partition coefficient (Wildman–Crippen LogP) is 1.93. The first kappa shape index (κ1) is 11.5. The van der Waals surface area contributed by atoms with Crippen molar-refractivity contribution in [3.63, 3.8) is 0 Å². The third kappa shape index (κ3) is 2.45. The third-order valence-electron chi connectivity index (χ3n) is 1.72. The molecule has 0 atom stereocenters. The van der Waals surface area contributed by atoms with E-state index < -0.39 is 24.3 Å². The van der Waals surface area contributed by atoms with E-state index in [2.05, 4.69) is 9.72 Å². The highest BCUT2D eigenvalue weighted by atomic mass is 19.3. The average molecular weight is 219 g/mol.